The van der Waals surface area contributed by atoms with Gasteiger partial charge in [-0.2, -0.15) is 4.98 Å². The molecule has 1 atom stereocenters. The second-order valence-electron chi connectivity index (χ2n) is 8.84. The molecule has 1 aromatic heterocycles. The van der Waals surface area contributed by atoms with Crippen LogP contribution < -0.4 is 5.32 Å². The SMILES string of the molecule is CCc1ccc(-c2noc(C3=C(C)N(Cc4cccc(C)c4)C(=O)NC3c3ccccc3)n2)cc1. The van der Waals surface area contributed by atoms with Gasteiger partial charge in [0, 0.05) is 11.3 Å². The van der Waals surface area contributed by atoms with Gasteiger partial charge in [0.1, 0.15) is 0 Å². The average molecular weight is 465 g/mol. The maximum absolute atomic E-state index is 13.3. The molecule has 6 heteroatoms. The molecule has 1 aliphatic heterocycles. The quantitative estimate of drug-likeness (QED) is 0.363. The number of benzene rings is 3. The number of amides is 2. The van der Waals surface area contributed by atoms with Crippen molar-refractivity contribution in [3.63, 3.8) is 0 Å². The number of aromatic nitrogens is 2. The zero-order chi connectivity index (χ0) is 24.4. The van der Waals surface area contributed by atoms with E-state index in [0.717, 1.165) is 39.9 Å². The highest BCUT2D eigenvalue weighted by Gasteiger charge is 2.35. The van der Waals surface area contributed by atoms with E-state index in [4.69, 9.17) is 9.51 Å². The smallest absolute Gasteiger partial charge is 0.322 e. The number of carbonyl (C=O) groups is 1. The first-order valence-electron chi connectivity index (χ1n) is 11.9. The summed E-state index contributed by atoms with van der Waals surface area (Å²) in [4.78, 5) is 19.7. The van der Waals surface area contributed by atoms with E-state index in [1.54, 1.807) is 4.90 Å². The Morgan fingerprint density at radius 1 is 0.943 bits per heavy atom. The summed E-state index contributed by atoms with van der Waals surface area (Å²) in [5, 5.41) is 7.43. The van der Waals surface area contributed by atoms with Crippen LogP contribution >= 0.6 is 0 Å². The predicted octanol–water partition coefficient (Wildman–Crippen LogP) is 6.31. The van der Waals surface area contributed by atoms with E-state index >= 15 is 0 Å². The molecule has 176 valence electrons. The van der Waals surface area contributed by atoms with Crippen molar-refractivity contribution < 1.29 is 9.32 Å². The van der Waals surface area contributed by atoms with Crippen molar-refractivity contribution in [3.8, 4) is 11.4 Å². The molecule has 1 unspecified atom stereocenters. The van der Waals surface area contributed by atoms with Gasteiger partial charge in [-0.1, -0.05) is 96.5 Å². The number of hydrogen-bond acceptors (Lipinski definition) is 4. The van der Waals surface area contributed by atoms with Gasteiger partial charge in [-0.3, -0.25) is 4.90 Å². The lowest BCUT2D eigenvalue weighted by Gasteiger charge is -2.35. The Kier molecular flexibility index (Phi) is 6.19. The van der Waals surface area contributed by atoms with Crippen LogP contribution in [0.15, 0.2) is 89.1 Å². The highest BCUT2D eigenvalue weighted by atomic mass is 16.5. The van der Waals surface area contributed by atoms with Crippen molar-refractivity contribution in [1.82, 2.24) is 20.4 Å². The van der Waals surface area contributed by atoms with Crippen LogP contribution in [0.2, 0.25) is 0 Å². The number of rotatable bonds is 6. The zero-order valence-corrected chi connectivity index (χ0v) is 20.2. The maximum atomic E-state index is 13.3. The van der Waals surface area contributed by atoms with Gasteiger partial charge in [-0.15, -0.1) is 0 Å². The first-order chi connectivity index (χ1) is 17.0. The largest absolute Gasteiger partial charge is 0.334 e. The molecule has 0 aliphatic carbocycles. The molecule has 6 nitrogen and oxygen atoms in total. The lowest BCUT2D eigenvalue weighted by Crippen LogP contribution is -2.45. The molecule has 0 saturated carbocycles. The second kappa shape index (κ2) is 9.58. The number of nitrogens with one attached hydrogen (secondary N) is 1. The van der Waals surface area contributed by atoms with Crippen LogP contribution in [-0.4, -0.2) is 21.1 Å². The Labute approximate surface area is 205 Å². The fourth-order valence-electron chi connectivity index (χ4n) is 4.48. The Morgan fingerprint density at radius 2 is 1.71 bits per heavy atom. The Bertz CT molecular complexity index is 1370. The van der Waals surface area contributed by atoms with E-state index < -0.39 is 6.04 Å². The Hall–Kier alpha value is -4.19. The van der Waals surface area contributed by atoms with Gasteiger partial charge in [0.05, 0.1) is 18.2 Å². The predicted molar refractivity (Wildman–Crippen MR) is 136 cm³/mol. The summed E-state index contributed by atoms with van der Waals surface area (Å²) < 4.78 is 5.79. The average Bonchev–Trinajstić information content (AvgIpc) is 3.36. The van der Waals surface area contributed by atoms with E-state index in [0.29, 0.717) is 18.3 Å². The normalized spacial score (nSPS) is 15.9. The van der Waals surface area contributed by atoms with E-state index in [1.165, 1.54) is 5.56 Å². The minimum Gasteiger partial charge on any atom is -0.334 e. The molecule has 2 amide bonds. The third kappa shape index (κ3) is 4.60. The topological polar surface area (TPSA) is 71.3 Å². The Morgan fingerprint density at radius 3 is 2.43 bits per heavy atom. The molecular weight excluding hydrogens is 436 g/mol. The van der Waals surface area contributed by atoms with E-state index in [2.05, 4.69) is 35.6 Å². The van der Waals surface area contributed by atoms with Gasteiger partial charge in [0.15, 0.2) is 0 Å². The minimum atomic E-state index is -0.395. The van der Waals surface area contributed by atoms with Gasteiger partial charge in [0.2, 0.25) is 5.82 Å². The molecule has 2 heterocycles. The first kappa shape index (κ1) is 22.6. The molecule has 0 fully saturated rings. The summed E-state index contributed by atoms with van der Waals surface area (Å²) in [5.74, 6) is 0.928. The lowest BCUT2D eigenvalue weighted by atomic mass is 9.94. The molecule has 0 saturated heterocycles. The van der Waals surface area contributed by atoms with Gasteiger partial charge >= 0.3 is 6.03 Å². The number of urea groups is 1. The molecule has 5 rings (SSSR count). The molecular formula is C29H28N4O2. The molecule has 3 aromatic carbocycles. The Balaban J connectivity index is 1.57. The van der Waals surface area contributed by atoms with Crippen molar-refractivity contribution in [2.45, 2.75) is 39.8 Å². The molecule has 4 aromatic rings. The highest BCUT2D eigenvalue weighted by molar-refractivity contribution is 5.86. The van der Waals surface area contributed by atoms with Crippen LogP contribution in [0.3, 0.4) is 0 Å². The van der Waals surface area contributed by atoms with Crippen LogP contribution in [0.25, 0.3) is 17.0 Å². The van der Waals surface area contributed by atoms with Crippen LogP contribution in [0, 0.1) is 6.92 Å². The maximum Gasteiger partial charge on any atom is 0.322 e. The van der Waals surface area contributed by atoms with E-state index in [-0.39, 0.29) is 6.03 Å². The lowest BCUT2D eigenvalue weighted by molar-refractivity contribution is 0.203. The first-order valence-corrected chi connectivity index (χ1v) is 11.9. The molecule has 35 heavy (non-hydrogen) atoms. The second-order valence-corrected chi connectivity index (χ2v) is 8.84. The molecule has 0 radical (unpaired) electrons. The van der Waals surface area contributed by atoms with Gasteiger partial charge < -0.3 is 9.84 Å². The van der Waals surface area contributed by atoms with Crippen molar-refractivity contribution in [3.05, 3.63) is 113 Å². The van der Waals surface area contributed by atoms with Crippen LogP contribution in [0.1, 0.15) is 48.0 Å². The van der Waals surface area contributed by atoms with Crippen molar-refractivity contribution in [2.24, 2.45) is 0 Å². The summed E-state index contributed by atoms with van der Waals surface area (Å²) in [6, 6.07) is 25.7. The number of carbonyl (C=O) groups excluding carboxylic acids is 1. The number of allylic oxidation sites excluding steroid dienone is 1. The fourth-order valence-corrected chi connectivity index (χ4v) is 4.48. The van der Waals surface area contributed by atoms with Crippen LogP contribution in [-0.2, 0) is 13.0 Å². The zero-order valence-electron chi connectivity index (χ0n) is 20.2. The van der Waals surface area contributed by atoms with E-state index in [1.807, 2.05) is 74.5 Å². The third-order valence-electron chi connectivity index (χ3n) is 6.43. The van der Waals surface area contributed by atoms with E-state index in [9.17, 15) is 4.79 Å². The number of aryl methyl sites for hydroxylation is 2. The summed E-state index contributed by atoms with van der Waals surface area (Å²) in [6.45, 7) is 6.57. The van der Waals surface area contributed by atoms with Crippen LogP contribution in [0.5, 0.6) is 0 Å². The van der Waals surface area contributed by atoms with Crippen molar-refractivity contribution in [1.29, 1.82) is 0 Å². The van der Waals surface area contributed by atoms with Gasteiger partial charge in [0.25, 0.3) is 5.89 Å². The standard InChI is InChI=1S/C29H28N4O2/c1-4-21-13-15-24(16-14-21)27-31-28(35-32-27)25-20(3)33(18-22-10-8-9-19(2)17-22)29(34)30-26(25)23-11-6-5-7-12-23/h5-17,26H,4,18H2,1-3H3,(H,30,34). The fraction of sp³-hybridized carbons (Fsp3) is 0.207. The summed E-state index contributed by atoms with van der Waals surface area (Å²) in [7, 11) is 0. The summed E-state index contributed by atoms with van der Waals surface area (Å²) >= 11 is 0. The van der Waals surface area contributed by atoms with Gasteiger partial charge in [-0.05, 0) is 37.0 Å². The van der Waals surface area contributed by atoms with Crippen molar-refractivity contribution >= 4 is 11.6 Å². The molecule has 1 aliphatic rings. The summed E-state index contributed by atoms with van der Waals surface area (Å²) in [6.07, 6.45) is 0.971. The third-order valence-corrected chi connectivity index (χ3v) is 6.43. The number of nitrogens with zero attached hydrogens (tertiary/aromatic N) is 3. The monoisotopic (exact) mass is 464 g/mol. The summed E-state index contributed by atoms with van der Waals surface area (Å²) in [5.41, 5.74) is 6.90. The minimum absolute atomic E-state index is 0.156. The number of hydrogen-bond donors (Lipinski definition) is 1. The van der Waals surface area contributed by atoms with Crippen LogP contribution in [0.4, 0.5) is 4.79 Å². The molecule has 1 N–H and O–H groups in total. The molecule has 0 bridgehead atoms. The van der Waals surface area contributed by atoms with Gasteiger partial charge in [-0.25, -0.2) is 4.79 Å². The van der Waals surface area contributed by atoms with Crippen molar-refractivity contribution in [2.75, 3.05) is 0 Å². The molecule has 0 spiro atoms. The highest BCUT2D eigenvalue weighted by Crippen LogP contribution is 2.37.